The van der Waals surface area contributed by atoms with Crippen molar-refractivity contribution in [3.8, 4) is 0 Å². The van der Waals surface area contributed by atoms with Crippen LogP contribution in [0.4, 0.5) is 5.13 Å². The van der Waals surface area contributed by atoms with Crippen molar-refractivity contribution in [2.45, 2.75) is 45.1 Å². The van der Waals surface area contributed by atoms with Gasteiger partial charge in [0.1, 0.15) is 0 Å². The molecule has 0 spiro atoms. The summed E-state index contributed by atoms with van der Waals surface area (Å²) in [4.78, 5) is 18.2. The zero-order chi connectivity index (χ0) is 13.0. The molecule has 1 unspecified atom stereocenters. The predicted molar refractivity (Wildman–Crippen MR) is 73.1 cm³/mol. The normalized spacial score (nSPS) is 19.9. The highest BCUT2D eigenvalue weighted by atomic mass is 32.1. The minimum atomic E-state index is -0.225. The minimum Gasteiger partial charge on any atom is -0.469 e. The molecule has 0 N–H and O–H groups in total. The molecule has 100 valence electrons. The molecule has 1 aromatic heterocycles. The highest BCUT2D eigenvalue weighted by Gasteiger charge is 2.23. The Morgan fingerprint density at radius 3 is 3.17 bits per heavy atom. The average Bonchev–Trinajstić information content (AvgIpc) is 2.86. The fourth-order valence-corrected chi connectivity index (χ4v) is 3.33. The van der Waals surface area contributed by atoms with Crippen molar-refractivity contribution < 1.29 is 9.53 Å². The molecule has 2 heterocycles. The molecule has 1 saturated heterocycles. The number of esters is 1. The van der Waals surface area contributed by atoms with E-state index in [9.17, 15) is 4.79 Å². The summed E-state index contributed by atoms with van der Waals surface area (Å²) in [5.41, 5.74) is 0.822. The number of anilines is 1. The zero-order valence-corrected chi connectivity index (χ0v) is 11.8. The van der Waals surface area contributed by atoms with Crippen molar-refractivity contribution in [3.63, 3.8) is 0 Å². The summed E-state index contributed by atoms with van der Waals surface area (Å²) in [5.74, 6) is -0.225. The molecule has 1 aliphatic heterocycles. The molecule has 2 rings (SSSR count). The lowest BCUT2D eigenvalue weighted by atomic mass is 10.0. The van der Waals surface area contributed by atoms with E-state index in [-0.39, 0.29) is 12.4 Å². The largest absolute Gasteiger partial charge is 0.469 e. The van der Waals surface area contributed by atoms with Crippen LogP contribution in [0.15, 0.2) is 5.38 Å². The summed E-state index contributed by atoms with van der Waals surface area (Å²) in [5, 5.41) is 3.02. The number of hydrogen-bond donors (Lipinski definition) is 0. The second-order valence-corrected chi connectivity index (χ2v) is 5.46. The second kappa shape index (κ2) is 6.18. The molecule has 1 fully saturated rings. The maximum absolute atomic E-state index is 11.2. The number of ether oxygens (including phenoxy) is 1. The van der Waals surface area contributed by atoms with Gasteiger partial charge < -0.3 is 9.64 Å². The Morgan fingerprint density at radius 1 is 1.61 bits per heavy atom. The fourth-order valence-electron chi connectivity index (χ4n) is 2.41. The molecule has 0 amide bonds. The van der Waals surface area contributed by atoms with E-state index < -0.39 is 0 Å². The van der Waals surface area contributed by atoms with E-state index >= 15 is 0 Å². The lowest BCUT2D eigenvalue weighted by Gasteiger charge is -2.35. The van der Waals surface area contributed by atoms with Crippen LogP contribution in [0.1, 0.15) is 38.3 Å². The third-order valence-electron chi connectivity index (χ3n) is 3.44. The first-order valence-corrected chi connectivity index (χ1v) is 7.40. The molecule has 0 saturated carbocycles. The topological polar surface area (TPSA) is 42.4 Å². The Balaban J connectivity index is 2.06. The van der Waals surface area contributed by atoms with Crippen LogP contribution in [-0.2, 0) is 16.0 Å². The van der Waals surface area contributed by atoms with Gasteiger partial charge in [0, 0.05) is 18.0 Å². The molecule has 0 radical (unpaired) electrons. The van der Waals surface area contributed by atoms with Crippen molar-refractivity contribution in [3.05, 3.63) is 11.1 Å². The number of carbonyl (C=O) groups excluding carboxylic acids is 1. The smallest absolute Gasteiger partial charge is 0.311 e. The number of aromatic nitrogens is 1. The van der Waals surface area contributed by atoms with Crippen molar-refractivity contribution in [2.75, 3.05) is 18.6 Å². The van der Waals surface area contributed by atoms with E-state index in [4.69, 9.17) is 0 Å². The lowest BCUT2D eigenvalue weighted by molar-refractivity contribution is -0.139. The summed E-state index contributed by atoms with van der Waals surface area (Å²) in [6, 6.07) is 0.607. The Hall–Kier alpha value is -1.10. The van der Waals surface area contributed by atoms with Crippen LogP contribution >= 0.6 is 11.3 Å². The molecule has 0 aliphatic carbocycles. The SMILES string of the molecule is CCC1CCCCN1c1nc(CC(=O)OC)cs1. The fraction of sp³-hybridized carbons (Fsp3) is 0.692. The van der Waals surface area contributed by atoms with Crippen molar-refractivity contribution in [1.82, 2.24) is 4.98 Å². The summed E-state index contributed by atoms with van der Waals surface area (Å²) >= 11 is 1.63. The minimum absolute atomic E-state index is 0.225. The summed E-state index contributed by atoms with van der Waals surface area (Å²) < 4.78 is 4.66. The van der Waals surface area contributed by atoms with Gasteiger partial charge in [0.2, 0.25) is 0 Å². The molecule has 1 atom stereocenters. The first-order valence-electron chi connectivity index (χ1n) is 6.52. The molecule has 0 bridgehead atoms. The number of methoxy groups -OCH3 is 1. The molecular formula is C13H20N2O2S. The highest BCUT2D eigenvalue weighted by Crippen LogP contribution is 2.29. The number of rotatable bonds is 4. The van der Waals surface area contributed by atoms with E-state index in [1.807, 2.05) is 5.38 Å². The van der Waals surface area contributed by atoms with Gasteiger partial charge in [-0.2, -0.15) is 0 Å². The van der Waals surface area contributed by atoms with Crippen molar-refractivity contribution in [2.24, 2.45) is 0 Å². The van der Waals surface area contributed by atoms with Gasteiger partial charge in [-0.15, -0.1) is 11.3 Å². The number of hydrogen-bond acceptors (Lipinski definition) is 5. The van der Waals surface area contributed by atoms with Crippen LogP contribution < -0.4 is 4.90 Å². The molecule has 18 heavy (non-hydrogen) atoms. The predicted octanol–water partition coefficient (Wildman–Crippen LogP) is 2.63. The first kappa shape index (κ1) is 13.3. The van der Waals surface area contributed by atoms with Gasteiger partial charge >= 0.3 is 5.97 Å². The van der Waals surface area contributed by atoms with Crippen LogP contribution in [0, 0.1) is 0 Å². The molecule has 4 nitrogen and oxygen atoms in total. The van der Waals surface area contributed by atoms with E-state index in [0.29, 0.717) is 6.04 Å². The van der Waals surface area contributed by atoms with E-state index in [1.54, 1.807) is 11.3 Å². The first-order chi connectivity index (χ1) is 8.74. The number of carbonyl (C=O) groups is 1. The molecular weight excluding hydrogens is 248 g/mol. The van der Waals surface area contributed by atoms with Gasteiger partial charge in [0.15, 0.2) is 5.13 Å². The van der Waals surface area contributed by atoms with Crippen LogP contribution in [0.2, 0.25) is 0 Å². The second-order valence-electron chi connectivity index (χ2n) is 4.63. The van der Waals surface area contributed by atoms with Gasteiger partial charge in [-0.3, -0.25) is 4.79 Å². The lowest BCUT2D eigenvalue weighted by Crippen LogP contribution is -2.39. The maximum atomic E-state index is 11.2. The van der Waals surface area contributed by atoms with E-state index in [1.165, 1.54) is 26.4 Å². The Morgan fingerprint density at radius 2 is 2.44 bits per heavy atom. The Kier molecular flexibility index (Phi) is 4.58. The summed E-state index contributed by atoms with van der Waals surface area (Å²) in [7, 11) is 1.41. The molecule has 5 heteroatoms. The maximum Gasteiger partial charge on any atom is 0.311 e. The number of thiazole rings is 1. The van der Waals surface area contributed by atoms with Gasteiger partial charge in [-0.25, -0.2) is 4.98 Å². The zero-order valence-electron chi connectivity index (χ0n) is 11.0. The monoisotopic (exact) mass is 268 g/mol. The quantitative estimate of drug-likeness (QED) is 0.787. The van der Waals surface area contributed by atoms with Crippen molar-refractivity contribution >= 4 is 22.4 Å². The van der Waals surface area contributed by atoms with Gasteiger partial charge in [-0.05, 0) is 25.7 Å². The van der Waals surface area contributed by atoms with Crippen LogP contribution in [0.5, 0.6) is 0 Å². The van der Waals surface area contributed by atoms with Crippen molar-refractivity contribution in [1.29, 1.82) is 0 Å². The summed E-state index contributed by atoms with van der Waals surface area (Å²) in [6.45, 7) is 3.32. The third-order valence-corrected chi connectivity index (χ3v) is 4.36. The standard InChI is InChI=1S/C13H20N2O2S/c1-3-11-6-4-5-7-15(11)13-14-10(9-18-13)8-12(16)17-2/h9,11H,3-8H2,1-2H3. The van der Waals surface area contributed by atoms with Gasteiger partial charge in [0.05, 0.1) is 19.2 Å². The Labute approximate surface area is 112 Å². The third kappa shape index (κ3) is 3.02. The molecule has 0 aromatic carbocycles. The molecule has 1 aromatic rings. The molecule has 1 aliphatic rings. The van der Waals surface area contributed by atoms with Gasteiger partial charge in [-0.1, -0.05) is 6.92 Å². The summed E-state index contributed by atoms with van der Waals surface area (Å²) in [6.07, 6.45) is 5.24. The number of nitrogens with zero attached hydrogens (tertiary/aromatic N) is 2. The average molecular weight is 268 g/mol. The van der Waals surface area contributed by atoms with Crippen LogP contribution in [-0.4, -0.2) is 30.6 Å². The van der Waals surface area contributed by atoms with Gasteiger partial charge in [0.25, 0.3) is 0 Å². The van der Waals surface area contributed by atoms with E-state index in [0.717, 1.165) is 23.8 Å². The van der Waals surface area contributed by atoms with E-state index in [2.05, 4.69) is 21.5 Å². The van der Waals surface area contributed by atoms with Crippen LogP contribution in [0.25, 0.3) is 0 Å². The number of piperidine rings is 1. The highest BCUT2D eigenvalue weighted by molar-refractivity contribution is 7.13. The Bertz CT molecular complexity index is 405. The van der Waals surface area contributed by atoms with Crippen LogP contribution in [0.3, 0.4) is 0 Å².